The summed E-state index contributed by atoms with van der Waals surface area (Å²) in [6.45, 7) is 8.91. The first-order chi connectivity index (χ1) is 7.50. The zero-order valence-corrected chi connectivity index (χ0v) is 10.7. The number of benzene rings is 1. The number of hydrogen-bond acceptors (Lipinski definition) is 2. The van der Waals surface area contributed by atoms with Crippen LogP contribution < -0.4 is 4.74 Å². The second-order valence-corrected chi connectivity index (χ2v) is 4.73. The Bertz CT molecular complexity index is 330. The summed E-state index contributed by atoms with van der Waals surface area (Å²) in [5, 5.41) is 9.45. The van der Waals surface area contributed by atoms with E-state index in [0.717, 1.165) is 29.9 Å². The van der Waals surface area contributed by atoms with Gasteiger partial charge in [0.15, 0.2) is 0 Å². The largest absolute Gasteiger partial charge is 0.493 e. The molecule has 0 bridgehead atoms. The number of ether oxygens (including phenoxy) is 1. The van der Waals surface area contributed by atoms with Crippen molar-refractivity contribution in [3.8, 4) is 5.75 Å². The molecule has 0 aliphatic rings. The molecule has 1 rings (SSSR count). The van der Waals surface area contributed by atoms with Crippen LogP contribution in [0.4, 0.5) is 0 Å². The van der Waals surface area contributed by atoms with Crippen LogP contribution in [0.3, 0.4) is 0 Å². The Morgan fingerprint density at radius 1 is 1.25 bits per heavy atom. The molecule has 0 radical (unpaired) electrons. The van der Waals surface area contributed by atoms with Gasteiger partial charge in [0.25, 0.3) is 0 Å². The van der Waals surface area contributed by atoms with Gasteiger partial charge in [-0.15, -0.1) is 0 Å². The van der Waals surface area contributed by atoms with E-state index in [-0.39, 0.29) is 0 Å². The van der Waals surface area contributed by atoms with Crippen molar-refractivity contribution in [2.45, 2.75) is 40.2 Å². The Labute approximate surface area is 98.3 Å². The van der Waals surface area contributed by atoms with Crippen molar-refractivity contribution in [1.82, 2.24) is 0 Å². The van der Waals surface area contributed by atoms with E-state index in [0.29, 0.717) is 5.92 Å². The van der Waals surface area contributed by atoms with Gasteiger partial charge in [-0.1, -0.05) is 19.9 Å². The molecule has 90 valence electrons. The summed E-state index contributed by atoms with van der Waals surface area (Å²) in [6.07, 6.45) is 0.654. The van der Waals surface area contributed by atoms with E-state index < -0.39 is 6.10 Å². The molecular weight excluding hydrogens is 200 g/mol. The van der Waals surface area contributed by atoms with Crippen molar-refractivity contribution in [1.29, 1.82) is 0 Å². The topological polar surface area (TPSA) is 29.5 Å². The fourth-order valence-electron chi connectivity index (χ4n) is 1.50. The number of aliphatic hydroxyl groups excluding tert-OH is 1. The predicted molar refractivity (Wildman–Crippen MR) is 66.8 cm³/mol. The van der Waals surface area contributed by atoms with Crippen LogP contribution in [-0.4, -0.2) is 11.7 Å². The van der Waals surface area contributed by atoms with E-state index in [4.69, 9.17) is 4.74 Å². The van der Waals surface area contributed by atoms with E-state index in [2.05, 4.69) is 13.8 Å². The number of hydrogen-bond donors (Lipinski definition) is 1. The Hall–Kier alpha value is -1.02. The number of aryl methyl sites for hydroxylation is 1. The Kier molecular flexibility index (Phi) is 4.81. The number of rotatable bonds is 5. The molecule has 0 aliphatic carbocycles. The monoisotopic (exact) mass is 222 g/mol. The normalized spacial score (nSPS) is 12.9. The van der Waals surface area contributed by atoms with Gasteiger partial charge in [0, 0.05) is 0 Å². The highest BCUT2D eigenvalue weighted by molar-refractivity contribution is 5.36. The summed E-state index contributed by atoms with van der Waals surface area (Å²) in [4.78, 5) is 0. The zero-order valence-electron chi connectivity index (χ0n) is 10.7. The van der Waals surface area contributed by atoms with Gasteiger partial charge in [-0.25, -0.2) is 0 Å². The summed E-state index contributed by atoms with van der Waals surface area (Å²) in [7, 11) is 0. The highest BCUT2D eigenvalue weighted by atomic mass is 16.5. The molecule has 16 heavy (non-hydrogen) atoms. The lowest BCUT2D eigenvalue weighted by molar-refractivity contribution is 0.199. The van der Waals surface area contributed by atoms with E-state index in [1.165, 1.54) is 0 Å². The highest BCUT2D eigenvalue weighted by Gasteiger charge is 2.05. The van der Waals surface area contributed by atoms with Crippen molar-refractivity contribution in [3.63, 3.8) is 0 Å². The van der Waals surface area contributed by atoms with Crippen molar-refractivity contribution in [3.05, 3.63) is 29.3 Å². The molecule has 1 atom stereocenters. The molecule has 0 fully saturated rings. The Morgan fingerprint density at radius 2 is 1.94 bits per heavy atom. The quantitative estimate of drug-likeness (QED) is 0.826. The molecule has 2 nitrogen and oxygen atoms in total. The lowest BCUT2D eigenvalue weighted by Crippen LogP contribution is -2.03. The van der Waals surface area contributed by atoms with Crippen LogP contribution in [0.5, 0.6) is 5.75 Å². The summed E-state index contributed by atoms with van der Waals surface area (Å²) >= 11 is 0. The van der Waals surface area contributed by atoms with Gasteiger partial charge in [-0.05, 0) is 49.4 Å². The lowest BCUT2D eigenvalue weighted by Gasteiger charge is -2.12. The first kappa shape index (κ1) is 13.0. The van der Waals surface area contributed by atoms with Crippen molar-refractivity contribution in [2.24, 2.45) is 5.92 Å². The van der Waals surface area contributed by atoms with Crippen LogP contribution in [0.1, 0.15) is 44.4 Å². The molecule has 0 spiro atoms. The minimum atomic E-state index is -0.414. The van der Waals surface area contributed by atoms with Crippen LogP contribution in [0, 0.1) is 12.8 Å². The van der Waals surface area contributed by atoms with Crippen molar-refractivity contribution < 1.29 is 9.84 Å². The third-order valence-electron chi connectivity index (χ3n) is 2.63. The van der Waals surface area contributed by atoms with Crippen LogP contribution >= 0.6 is 0 Å². The average molecular weight is 222 g/mol. The average Bonchev–Trinajstić information content (AvgIpc) is 2.19. The highest BCUT2D eigenvalue weighted by Crippen LogP contribution is 2.22. The van der Waals surface area contributed by atoms with Crippen LogP contribution in [0.15, 0.2) is 18.2 Å². The minimum Gasteiger partial charge on any atom is -0.493 e. The molecule has 1 N–H and O–H groups in total. The first-order valence-electron chi connectivity index (χ1n) is 5.92. The zero-order chi connectivity index (χ0) is 12.1. The van der Waals surface area contributed by atoms with E-state index >= 15 is 0 Å². The van der Waals surface area contributed by atoms with Gasteiger partial charge in [0.2, 0.25) is 0 Å². The van der Waals surface area contributed by atoms with E-state index in [9.17, 15) is 5.11 Å². The standard InChI is InChI=1S/C14H22O2/c1-10(2)7-8-16-14-6-5-13(12(4)15)9-11(14)3/h5-6,9-10,12,15H,7-8H2,1-4H3/t12-/m0/s1. The SMILES string of the molecule is Cc1cc([C@H](C)O)ccc1OCCC(C)C. The van der Waals surface area contributed by atoms with Crippen molar-refractivity contribution >= 4 is 0 Å². The molecule has 0 unspecified atom stereocenters. The summed E-state index contributed by atoms with van der Waals surface area (Å²) in [5.41, 5.74) is 2.02. The van der Waals surface area contributed by atoms with Crippen LogP contribution in [0.25, 0.3) is 0 Å². The van der Waals surface area contributed by atoms with Gasteiger partial charge in [0.05, 0.1) is 12.7 Å². The molecule has 0 aromatic heterocycles. The summed E-state index contributed by atoms with van der Waals surface area (Å²) < 4.78 is 5.70. The maximum atomic E-state index is 9.45. The van der Waals surface area contributed by atoms with Gasteiger partial charge in [-0.2, -0.15) is 0 Å². The maximum Gasteiger partial charge on any atom is 0.122 e. The number of aliphatic hydroxyl groups is 1. The Balaban J connectivity index is 2.61. The van der Waals surface area contributed by atoms with Gasteiger partial charge < -0.3 is 9.84 Å². The van der Waals surface area contributed by atoms with Crippen LogP contribution in [0.2, 0.25) is 0 Å². The van der Waals surface area contributed by atoms with E-state index in [1.807, 2.05) is 25.1 Å². The maximum absolute atomic E-state index is 9.45. The molecule has 1 aromatic rings. The second kappa shape index (κ2) is 5.90. The smallest absolute Gasteiger partial charge is 0.122 e. The molecule has 0 amide bonds. The molecule has 2 heteroatoms. The van der Waals surface area contributed by atoms with Gasteiger partial charge in [-0.3, -0.25) is 0 Å². The molecule has 0 heterocycles. The van der Waals surface area contributed by atoms with Gasteiger partial charge >= 0.3 is 0 Å². The van der Waals surface area contributed by atoms with Crippen LogP contribution in [-0.2, 0) is 0 Å². The predicted octanol–water partition coefficient (Wildman–Crippen LogP) is 3.47. The van der Waals surface area contributed by atoms with Gasteiger partial charge in [0.1, 0.15) is 5.75 Å². The lowest BCUT2D eigenvalue weighted by atomic mass is 10.1. The second-order valence-electron chi connectivity index (χ2n) is 4.73. The van der Waals surface area contributed by atoms with Crippen molar-refractivity contribution in [2.75, 3.05) is 6.61 Å². The Morgan fingerprint density at radius 3 is 2.44 bits per heavy atom. The summed E-state index contributed by atoms with van der Waals surface area (Å²) in [6, 6.07) is 5.84. The molecular formula is C14H22O2. The fraction of sp³-hybridized carbons (Fsp3) is 0.571. The minimum absolute atomic E-state index is 0.414. The molecule has 0 saturated carbocycles. The van der Waals surface area contributed by atoms with E-state index in [1.54, 1.807) is 6.92 Å². The molecule has 0 saturated heterocycles. The summed E-state index contributed by atoms with van der Waals surface area (Å²) in [5.74, 6) is 1.59. The third kappa shape index (κ3) is 3.86. The fourth-order valence-corrected chi connectivity index (χ4v) is 1.50. The third-order valence-corrected chi connectivity index (χ3v) is 2.63. The molecule has 1 aromatic carbocycles. The molecule has 0 aliphatic heterocycles. The first-order valence-corrected chi connectivity index (χ1v) is 5.92.